The van der Waals surface area contributed by atoms with Crippen LogP contribution in [0.15, 0.2) is 24.3 Å². The molecule has 0 unspecified atom stereocenters. The molecule has 1 aromatic carbocycles. The van der Waals surface area contributed by atoms with Crippen LogP contribution in [0.1, 0.15) is 31.2 Å². The van der Waals surface area contributed by atoms with Crippen molar-refractivity contribution >= 4 is 11.9 Å². The minimum absolute atomic E-state index is 0.113. The van der Waals surface area contributed by atoms with Crippen molar-refractivity contribution < 1.29 is 18.7 Å². The second kappa shape index (κ2) is 7.20. The van der Waals surface area contributed by atoms with Gasteiger partial charge in [-0.1, -0.05) is 25.0 Å². The zero-order valence-corrected chi connectivity index (χ0v) is 12.1. The average molecular weight is 293 g/mol. The Morgan fingerprint density at radius 2 is 2.10 bits per heavy atom. The van der Waals surface area contributed by atoms with Gasteiger partial charge < -0.3 is 10.1 Å². The first-order valence-electron chi connectivity index (χ1n) is 7.22. The first kappa shape index (κ1) is 15.5. The highest BCUT2D eigenvalue weighted by atomic mass is 19.1. The van der Waals surface area contributed by atoms with Crippen molar-refractivity contribution in [2.24, 2.45) is 5.92 Å². The van der Waals surface area contributed by atoms with Gasteiger partial charge >= 0.3 is 5.97 Å². The van der Waals surface area contributed by atoms with E-state index in [0.29, 0.717) is 5.56 Å². The molecule has 5 heteroatoms. The molecule has 1 fully saturated rings. The van der Waals surface area contributed by atoms with Crippen LogP contribution in [0.25, 0.3) is 0 Å². The summed E-state index contributed by atoms with van der Waals surface area (Å²) >= 11 is 0. The molecule has 0 aliphatic heterocycles. The molecule has 0 bridgehead atoms. The highest BCUT2D eigenvalue weighted by molar-refractivity contribution is 5.80. The second-order valence-corrected chi connectivity index (χ2v) is 5.39. The molecule has 1 N–H and O–H groups in total. The van der Waals surface area contributed by atoms with E-state index in [0.717, 1.165) is 25.7 Å². The maximum Gasteiger partial charge on any atom is 0.310 e. The van der Waals surface area contributed by atoms with Crippen LogP contribution in [-0.2, 0) is 20.7 Å². The van der Waals surface area contributed by atoms with E-state index in [1.807, 2.05) is 0 Å². The molecule has 0 spiro atoms. The molecule has 1 aliphatic carbocycles. The molecule has 1 saturated carbocycles. The van der Waals surface area contributed by atoms with Gasteiger partial charge in [-0.25, -0.2) is 4.39 Å². The van der Waals surface area contributed by atoms with E-state index in [-0.39, 0.29) is 36.1 Å². The Labute approximate surface area is 123 Å². The van der Waals surface area contributed by atoms with Gasteiger partial charge in [0.15, 0.2) is 0 Å². The topological polar surface area (TPSA) is 55.4 Å². The highest BCUT2D eigenvalue weighted by Crippen LogP contribution is 2.25. The zero-order valence-electron chi connectivity index (χ0n) is 12.1. The molecule has 114 valence electrons. The largest absolute Gasteiger partial charge is 0.469 e. The lowest BCUT2D eigenvalue weighted by Gasteiger charge is -2.30. The lowest BCUT2D eigenvalue weighted by Crippen LogP contribution is -2.45. The number of carbonyl (C=O) groups excluding carboxylic acids is 2. The van der Waals surface area contributed by atoms with Gasteiger partial charge in [0.1, 0.15) is 5.82 Å². The highest BCUT2D eigenvalue weighted by Gasteiger charge is 2.32. The minimum atomic E-state index is -0.356. The van der Waals surface area contributed by atoms with Crippen LogP contribution in [-0.4, -0.2) is 25.0 Å². The molecular formula is C16H20FNO3. The summed E-state index contributed by atoms with van der Waals surface area (Å²) in [5, 5.41) is 2.89. The molecule has 2 rings (SSSR count). The fraction of sp³-hybridized carbons (Fsp3) is 0.500. The summed E-state index contributed by atoms with van der Waals surface area (Å²) < 4.78 is 17.9. The van der Waals surface area contributed by atoms with Gasteiger partial charge in [-0.2, -0.15) is 0 Å². The molecule has 21 heavy (non-hydrogen) atoms. The van der Waals surface area contributed by atoms with Crippen molar-refractivity contribution in [3.05, 3.63) is 35.6 Å². The lowest BCUT2D eigenvalue weighted by atomic mass is 9.84. The molecule has 0 radical (unpaired) electrons. The molecule has 0 aromatic heterocycles. The molecular weight excluding hydrogens is 273 g/mol. The first-order valence-corrected chi connectivity index (χ1v) is 7.22. The van der Waals surface area contributed by atoms with Crippen LogP contribution < -0.4 is 5.32 Å². The Hall–Kier alpha value is -1.91. The van der Waals surface area contributed by atoms with E-state index in [9.17, 15) is 14.0 Å². The normalized spacial score (nSPS) is 21.6. The third-order valence-electron chi connectivity index (χ3n) is 3.87. The molecule has 0 saturated heterocycles. The molecule has 1 aliphatic rings. The monoisotopic (exact) mass is 293 g/mol. The molecule has 1 aromatic rings. The standard InChI is InChI=1S/C16H20FNO3/c1-21-16(20)13-7-2-3-8-14(13)18-15(19)10-11-5-4-6-12(17)9-11/h4-6,9,13-14H,2-3,7-8,10H2,1H3,(H,18,19)/t13-,14-/m1/s1. The van der Waals surface area contributed by atoms with Gasteiger partial charge in [0.2, 0.25) is 5.91 Å². The van der Waals surface area contributed by atoms with E-state index in [1.54, 1.807) is 12.1 Å². The van der Waals surface area contributed by atoms with E-state index < -0.39 is 0 Å². The number of benzene rings is 1. The SMILES string of the molecule is COC(=O)[C@@H]1CCCC[C@H]1NC(=O)Cc1cccc(F)c1. The summed E-state index contributed by atoms with van der Waals surface area (Å²) in [5.41, 5.74) is 0.623. The van der Waals surface area contributed by atoms with Gasteiger partial charge in [0.25, 0.3) is 0 Å². The number of rotatable bonds is 4. The van der Waals surface area contributed by atoms with Crippen molar-refractivity contribution in [3.8, 4) is 0 Å². The summed E-state index contributed by atoms with van der Waals surface area (Å²) in [6, 6.07) is 5.79. The van der Waals surface area contributed by atoms with Crippen molar-refractivity contribution in [2.75, 3.05) is 7.11 Å². The smallest absolute Gasteiger partial charge is 0.310 e. The number of hydrogen-bond donors (Lipinski definition) is 1. The van der Waals surface area contributed by atoms with Crippen molar-refractivity contribution in [1.29, 1.82) is 0 Å². The maximum atomic E-state index is 13.1. The van der Waals surface area contributed by atoms with Crippen molar-refractivity contribution in [1.82, 2.24) is 5.32 Å². The first-order chi connectivity index (χ1) is 10.1. The van der Waals surface area contributed by atoms with E-state index in [1.165, 1.54) is 19.2 Å². The number of ether oxygens (including phenoxy) is 1. The Kier molecular flexibility index (Phi) is 5.31. The Morgan fingerprint density at radius 1 is 1.33 bits per heavy atom. The van der Waals surface area contributed by atoms with Gasteiger partial charge in [0, 0.05) is 6.04 Å². The zero-order chi connectivity index (χ0) is 15.2. The van der Waals surface area contributed by atoms with Crippen LogP contribution in [0.2, 0.25) is 0 Å². The third kappa shape index (κ3) is 4.28. The molecule has 0 heterocycles. The number of esters is 1. The Morgan fingerprint density at radius 3 is 2.81 bits per heavy atom. The maximum absolute atomic E-state index is 13.1. The quantitative estimate of drug-likeness (QED) is 0.866. The van der Waals surface area contributed by atoms with Gasteiger partial charge in [-0.05, 0) is 30.5 Å². The van der Waals surface area contributed by atoms with Crippen LogP contribution in [0.5, 0.6) is 0 Å². The number of carbonyl (C=O) groups is 2. The van der Waals surface area contributed by atoms with E-state index >= 15 is 0 Å². The summed E-state index contributed by atoms with van der Waals surface area (Å²) in [6.45, 7) is 0. The van der Waals surface area contributed by atoms with Gasteiger partial charge in [0.05, 0.1) is 19.4 Å². The number of halogens is 1. The predicted molar refractivity (Wildman–Crippen MR) is 76.0 cm³/mol. The van der Waals surface area contributed by atoms with Crippen LogP contribution >= 0.6 is 0 Å². The number of hydrogen-bond acceptors (Lipinski definition) is 3. The predicted octanol–water partition coefficient (Wildman–Crippen LogP) is 2.22. The molecule has 4 nitrogen and oxygen atoms in total. The van der Waals surface area contributed by atoms with Crippen LogP contribution in [0, 0.1) is 11.7 Å². The van der Waals surface area contributed by atoms with Gasteiger partial charge in [-0.3, -0.25) is 9.59 Å². The molecule has 2 atom stereocenters. The fourth-order valence-electron chi connectivity index (χ4n) is 2.83. The van der Waals surface area contributed by atoms with Crippen molar-refractivity contribution in [2.45, 2.75) is 38.1 Å². The van der Waals surface area contributed by atoms with Crippen molar-refractivity contribution in [3.63, 3.8) is 0 Å². The molecule has 1 amide bonds. The fourth-order valence-corrected chi connectivity index (χ4v) is 2.83. The van der Waals surface area contributed by atoms with Gasteiger partial charge in [-0.15, -0.1) is 0 Å². The number of nitrogens with one attached hydrogen (secondary N) is 1. The van der Waals surface area contributed by atoms with E-state index in [2.05, 4.69) is 5.32 Å². The average Bonchev–Trinajstić information content (AvgIpc) is 2.47. The number of amides is 1. The third-order valence-corrected chi connectivity index (χ3v) is 3.87. The van der Waals surface area contributed by atoms with Crippen LogP contribution in [0.3, 0.4) is 0 Å². The van der Waals surface area contributed by atoms with E-state index in [4.69, 9.17) is 4.74 Å². The lowest BCUT2D eigenvalue weighted by molar-refractivity contribution is -0.147. The Bertz CT molecular complexity index is 518. The summed E-state index contributed by atoms with van der Waals surface area (Å²) in [5.74, 6) is -1.10. The summed E-state index contributed by atoms with van der Waals surface area (Å²) in [7, 11) is 1.36. The summed E-state index contributed by atoms with van der Waals surface area (Å²) in [6.07, 6.45) is 3.57. The number of methoxy groups -OCH3 is 1. The minimum Gasteiger partial charge on any atom is -0.469 e. The second-order valence-electron chi connectivity index (χ2n) is 5.39. The summed E-state index contributed by atoms with van der Waals surface area (Å²) in [4.78, 5) is 23.8. The Balaban J connectivity index is 1.95. The van der Waals surface area contributed by atoms with Crippen LogP contribution in [0.4, 0.5) is 4.39 Å².